The van der Waals surface area contributed by atoms with Gasteiger partial charge in [0.1, 0.15) is 17.3 Å². The van der Waals surface area contributed by atoms with Crippen molar-refractivity contribution < 1.29 is 4.79 Å². The van der Waals surface area contributed by atoms with E-state index in [9.17, 15) is 4.79 Å². The summed E-state index contributed by atoms with van der Waals surface area (Å²) in [5.41, 5.74) is 4.16. The predicted octanol–water partition coefficient (Wildman–Crippen LogP) is 5.67. The second-order valence-electron chi connectivity index (χ2n) is 7.79. The van der Waals surface area contributed by atoms with Crippen LogP contribution in [0.2, 0.25) is 5.02 Å². The van der Waals surface area contributed by atoms with Crippen molar-refractivity contribution in [3.8, 4) is 5.69 Å². The number of hydrogen-bond donors (Lipinski definition) is 1. The van der Waals surface area contributed by atoms with E-state index in [1.807, 2.05) is 60.0 Å². The summed E-state index contributed by atoms with van der Waals surface area (Å²) >= 11 is 7.61. The third-order valence-corrected chi connectivity index (χ3v) is 6.57. The van der Waals surface area contributed by atoms with E-state index in [0.717, 1.165) is 28.1 Å². The molecular weight excluding hydrogens is 468 g/mol. The van der Waals surface area contributed by atoms with Crippen LogP contribution in [0.1, 0.15) is 21.9 Å². The predicted molar refractivity (Wildman–Crippen MR) is 136 cm³/mol. The number of hydrogen-bond acceptors (Lipinski definition) is 5. The Morgan fingerprint density at radius 2 is 1.85 bits per heavy atom. The first-order valence-electron chi connectivity index (χ1n) is 10.6. The number of thioether (sulfide) groups is 1. The Bertz CT molecular complexity index is 1430. The number of H-pyrrole nitrogens is 1. The van der Waals surface area contributed by atoms with Crippen molar-refractivity contribution in [3.63, 3.8) is 0 Å². The van der Waals surface area contributed by atoms with E-state index in [1.165, 1.54) is 16.7 Å². The first-order chi connectivity index (χ1) is 16.5. The highest BCUT2D eigenvalue weighted by atomic mass is 35.5. The van der Waals surface area contributed by atoms with Crippen LogP contribution in [0.5, 0.6) is 0 Å². The lowest BCUT2D eigenvalue weighted by Crippen LogP contribution is -2.29. The van der Waals surface area contributed by atoms with Gasteiger partial charge in [0.15, 0.2) is 5.16 Å². The first kappa shape index (κ1) is 22.2. The molecule has 0 saturated carbocycles. The molecule has 1 amide bonds. The molecular formula is C25H21ClN6OS. The van der Waals surface area contributed by atoms with Crippen molar-refractivity contribution in [2.75, 3.05) is 11.9 Å². The maximum absolute atomic E-state index is 13.5. The van der Waals surface area contributed by atoms with Gasteiger partial charge in [-0.3, -0.25) is 14.3 Å². The lowest BCUT2D eigenvalue weighted by molar-refractivity contribution is 0.0985. The molecule has 9 heteroatoms. The van der Waals surface area contributed by atoms with Crippen LogP contribution in [0, 0.1) is 6.92 Å². The molecule has 0 fully saturated rings. The quantitative estimate of drug-likeness (QED) is 0.311. The van der Waals surface area contributed by atoms with Gasteiger partial charge >= 0.3 is 0 Å². The second kappa shape index (κ2) is 9.32. The highest BCUT2D eigenvalue weighted by molar-refractivity contribution is 7.98. The zero-order valence-corrected chi connectivity index (χ0v) is 20.1. The molecule has 0 atom stereocenters. The number of halogens is 1. The second-order valence-corrected chi connectivity index (χ2v) is 9.16. The number of nitrogens with zero attached hydrogens (tertiary/aromatic N) is 5. The molecule has 0 saturated heterocycles. The van der Waals surface area contributed by atoms with Gasteiger partial charge in [-0.1, -0.05) is 41.6 Å². The molecule has 7 nitrogen and oxygen atoms in total. The van der Waals surface area contributed by atoms with Crippen molar-refractivity contribution in [2.45, 2.75) is 17.8 Å². The molecule has 3 heterocycles. The van der Waals surface area contributed by atoms with Crippen LogP contribution < -0.4 is 4.90 Å². The number of anilines is 1. The van der Waals surface area contributed by atoms with Gasteiger partial charge < -0.3 is 4.98 Å². The van der Waals surface area contributed by atoms with E-state index in [1.54, 1.807) is 31.6 Å². The zero-order chi connectivity index (χ0) is 23.7. The Balaban J connectivity index is 1.48. The van der Waals surface area contributed by atoms with E-state index in [-0.39, 0.29) is 5.91 Å². The minimum Gasteiger partial charge on any atom is -0.341 e. The molecule has 2 aromatic carbocycles. The summed E-state index contributed by atoms with van der Waals surface area (Å²) in [6.07, 6.45) is 3.34. The first-order valence-corrected chi connectivity index (χ1v) is 12.0. The van der Waals surface area contributed by atoms with Crippen molar-refractivity contribution in [1.29, 1.82) is 0 Å². The Morgan fingerprint density at radius 1 is 1.06 bits per heavy atom. The fourth-order valence-corrected chi connectivity index (χ4v) is 4.56. The van der Waals surface area contributed by atoms with E-state index in [2.05, 4.69) is 19.9 Å². The van der Waals surface area contributed by atoms with Crippen LogP contribution >= 0.6 is 23.4 Å². The van der Waals surface area contributed by atoms with E-state index in [0.29, 0.717) is 27.4 Å². The Kier molecular flexibility index (Phi) is 6.08. The molecule has 3 aromatic heterocycles. The van der Waals surface area contributed by atoms with E-state index >= 15 is 0 Å². The number of fused-ring (bicyclic) bond motifs is 1. The zero-order valence-electron chi connectivity index (χ0n) is 18.6. The van der Waals surface area contributed by atoms with Crippen molar-refractivity contribution in [2.24, 2.45) is 0 Å². The standard InChI is InChI=1S/C25H21ClN6OS/c1-16-7-12-23(27-13-16)31(2)24(33)21-14-28-25(32(21)18-10-8-17(26)9-11-18)34-15-22-29-19-5-3-4-6-20(19)30-22/h3-14H,15H2,1-2H3,(H,29,30). The summed E-state index contributed by atoms with van der Waals surface area (Å²) in [5, 5.41) is 1.30. The number of carbonyl (C=O) groups is 1. The number of aryl methyl sites for hydroxylation is 1. The average Bonchev–Trinajstić information content (AvgIpc) is 3.46. The molecule has 34 heavy (non-hydrogen) atoms. The van der Waals surface area contributed by atoms with Crippen molar-refractivity contribution in [3.05, 3.63) is 95.2 Å². The maximum atomic E-state index is 13.5. The summed E-state index contributed by atoms with van der Waals surface area (Å²) in [6.45, 7) is 1.96. The van der Waals surface area contributed by atoms with Gasteiger partial charge in [-0.25, -0.2) is 15.0 Å². The minimum atomic E-state index is -0.214. The number of aromatic nitrogens is 5. The van der Waals surface area contributed by atoms with Crippen LogP contribution in [-0.4, -0.2) is 37.5 Å². The molecule has 5 rings (SSSR count). The SMILES string of the molecule is Cc1ccc(N(C)C(=O)c2cnc(SCc3nc4ccccc4[nH]3)n2-c2ccc(Cl)cc2)nc1. The third kappa shape index (κ3) is 4.42. The molecule has 0 spiro atoms. The van der Waals surface area contributed by atoms with Crippen LogP contribution in [0.4, 0.5) is 5.82 Å². The molecule has 5 aromatic rings. The number of benzene rings is 2. The Morgan fingerprint density at radius 3 is 2.59 bits per heavy atom. The van der Waals surface area contributed by atoms with E-state index < -0.39 is 0 Å². The van der Waals surface area contributed by atoms with Crippen LogP contribution in [0.15, 0.2) is 78.2 Å². The molecule has 0 aliphatic rings. The number of carbonyl (C=O) groups excluding carboxylic acids is 1. The highest BCUT2D eigenvalue weighted by Gasteiger charge is 2.23. The normalized spacial score (nSPS) is 11.1. The largest absolute Gasteiger partial charge is 0.341 e. The van der Waals surface area contributed by atoms with Crippen molar-refractivity contribution in [1.82, 2.24) is 24.5 Å². The third-order valence-electron chi connectivity index (χ3n) is 5.35. The number of pyridine rings is 1. The lowest BCUT2D eigenvalue weighted by Gasteiger charge is -2.18. The van der Waals surface area contributed by atoms with Crippen molar-refractivity contribution >= 4 is 46.1 Å². The number of rotatable bonds is 6. The molecule has 0 aliphatic carbocycles. The fourth-order valence-electron chi connectivity index (χ4n) is 3.57. The summed E-state index contributed by atoms with van der Waals surface area (Å²) in [5.74, 6) is 1.76. The van der Waals surface area contributed by atoms with Crippen LogP contribution in [0.25, 0.3) is 16.7 Å². The number of amides is 1. The average molecular weight is 489 g/mol. The van der Waals surface area contributed by atoms with Gasteiger partial charge in [0, 0.05) is 24.0 Å². The van der Waals surface area contributed by atoms with Gasteiger partial charge in [-0.2, -0.15) is 0 Å². The summed E-state index contributed by atoms with van der Waals surface area (Å²) in [4.78, 5) is 31.9. The van der Waals surface area contributed by atoms with Crippen LogP contribution in [-0.2, 0) is 5.75 Å². The van der Waals surface area contributed by atoms with Gasteiger partial charge in [0.05, 0.1) is 23.0 Å². The molecule has 0 bridgehead atoms. The van der Waals surface area contributed by atoms with E-state index in [4.69, 9.17) is 11.6 Å². The van der Waals surface area contributed by atoms with Gasteiger partial charge in [0.25, 0.3) is 5.91 Å². The number of aromatic amines is 1. The smallest absolute Gasteiger partial charge is 0.277 e. The maximum Gasteiger partial charge on any atom is 0.277 e. The topological polar surface area (TPSA) is 79.7 Å². The number of imidazole rings is 2. The highest BCUT2D eigenvalue weighted by Crippen LogP contribution is 2.28. The Labute approximate surface area is 205 Å². The Hall–Kier alpha value is -3.62. The van der Waals surface area contributed by atoms with Gasteiger partial charge in [-0.15, -0.1) is 0 Å². The van der Waals surface area contributed by atoms with Gasteiger partial charge in [0.2, 0.25) is 0 Å². The summed E-state index contributed by atoms with van der Waals surface area (Å²) in [6, 6.07) is 19.0. The summed E-state index contributed by atoms with van der Waals surface area (Å²) in [7, 11) is 1.71. The summed E-state index contributed by atoms with van der Waals surface area (Å²) < 4.78 is 1.84. The minimum absolute atomic E-state index is 0.214. The van der Waals surface area contributed by atoms with Crippen LogP contribution in [0.3, 0.4) is 0 Å². The molecule has 1 N–H and O–H groups in total. The monoisotopic (exact) mass is 488 g/mol. The van der Waals surface area contributed by atoms with Gasteiger partial charge in [-0.05, 0) is 55.0 Å². The molecule has 170 valence electrons. The lowest BCUT2D eigenvalue weighted by atomic mass is 10.3. The molecule has 0 unspecified atom stereocenters. The molecule has 0 radical (unpaired) electrons. The number of nitrogens with one attached hydrogen (secondary N) is 1. The molecule has 0 aliphatic heterocycles. The fraction of sp³-hybridized carbons (Fsp3) is 0.120. The number of para-hydroxylation sites is 2.